The highest BCUT2D eigenvalue weighted by Crippen LogP contribution is 2.07. The number of hydrogen-bond acceptors (Lipinski definition) is 3. The number of rotatable bonds is 6. The van der Waals surface area contributed by atoms with Crippen molar-refractivity contribution in [2.24, 2.45) is 0 Å². The van der Waals surface area contributed by atoms with Crippen molar-refractivity contribution in [3.63, 3.8) is 0 Å². The van der Waals surface area contributed by atoms with Crippen molar-refractivity contribution >= 4 is 16.8 Å². The van der Waals surface area contributed by atoms with Crippen LogP contribution in [-0.4, -0.2) is 22.0 Å². The maximum absolute atomic E-state index is 12.8. The number of benzene rings is 2. The van der Waals surface area contributed by atoms with Gasteiger partial charge >= 0.3 is 5.69 Å². The average molecular weight is 355 g/mol. The maximum atomic E-state index is 12.8. The lowest BCUT2D eigenvalue weighted by molar-refractivity contribution is -0.121. The van der Waals surface area contributed by atoms with Crippen molar-refractivity contribution in [2.45, 2.75) is 19.4 Å². The lowest BCUT2D eigenvalue weighted by Crippen LogP contribution is -2.33. The van der Waals surface area contributed by atoms with Gasteiger partial charge in [0.25, 0.3) is 5.56 Å². The SMILES string of the molecule is O=C(CCn1c(=O)[nH]c(=O)c2ccccc21)NCCc1ccc(F)cc1. The molecule has 0 bridgehead atoms. The summed E-state index contributed by atoms with van der Waals surface area (Å²) in [5, 5.41) is 3.18. The predicted octanol–water partition coefficient (Wildman–Crippen LogP) is 1.58. The summed E-state index contributed by atoms with van der Waals surface area (Å²) < 4.78 is 14.2. The largest absolute Gasteiger partial charge is 0.356 e. The van der Waals surface area contributed by atoms with Gasteiger partial charge < -0.3 is 5.32 Å². The number of halogens is 1. The molecule has 0 spiro atoms. The fourth-order valence-corrected chi connectivity index (χ4v) is 2.76. The van der Waals surface area contributed by atoms with Gasteiger partial charge in [-0.15, -0.1) is 0 Å². The maximum Gasteiger partial charge on any atom is 0.328 e. The van der Waals surface area contributed by atoms with Gasteiger partial charge in [-0.2, -0.15) is 0 Å². The smallest absolute Gasteiger partial charge is 0.328 e. The molecule has 7 heteroatoms. The van der Waals surface area contributed by atoms with E-state index in [1.165, 1.54) is 16.7 Å². The van der Waals surface area contributed by atoms with E-state index in [4.69, 9.17) is 0 Å². The number of nitrogens with zero attached hydrogens (tertiary/aromatic N) is 1. The number of aromatic amines is 1. The molecular weight excluding hydrogens is 337 g/mol. The van der Waals surface area contributed by atoms with Crippen LogP contribution in [0.4, 0.5) is 4.39 Å². The molecular formula is C19H18FN3O3. The molecule has 0 unspecified atom stereocenters. The minimum Gasteiger partial charge on any atom is -0.356 e. The molecule has 0 aliphatic rings. The molecule has 6 nitrogen and oxygen atoms in total. The van der Waals surface area contributed by atoms with Crippen LogP contribution in [0, 0.1) is 5.82 Å². The minimum atomic E-state index is -0.534. The number of aromatic nitrogens is 2. The number of amides is 1. The van der Waals surface area contributed by atoms with Crippen LogP contribution in [0.25, 0.3) is 10.9 Å². The summed E-state index contributed by atoms with van der Waals surface area (Å²) in [7, 11) is 0. The second kappa shape index (κ2) is 7.77. The molecule has 1 amide bonds. The van der Waals surface area contributed by atoms with Crippen molar-refractivity contribution in [1.82, 2.24) is 14.9 Å². The fraction of sp³-hybridized carbons (Fsp3) is 0.211. The van der Waals surface area contributed by atoms with Crippen LogP contribution in [0.3, 0.4) is 0 Å². The van der Waals surface area contributed by atoms with Gasteiger partial charge in [0.1, 0.15) is 5.82 Å². The monoisotopic (exact) mass is 355 g/mol. The molecule has 2 aromatic carbocycles. The topological polar surface area (TPSA) is 84.0 Å². The number of carbonyl (C=O) groups excluding carboxylic acids is 1. The van der Waals surface area contributed by atoms with Gasteiger partial charge in [0.05, 0.1) is 10.9 Å². The lowest BCUT2D eigenvalue weighted by atomic mass is 10.1. The van der Waals surface area contributed by atoms with E-state index in [9.17, 15) is 18.8 Å². The molecule has 0 fully saturated rings. The first-order valence-corrected chi connectivity index (χ1v) is 8.27. The van der Waals surface area contributed by atoms with Crippen LogP contribution in [-0.2, 0) is 17.8 Å². The molecule has 3 rings (SSSR count). The zero-order valence-electron chi connectivity index (χ0n) is 14.0. The van der Waals surface area contributed by atoms with Gasteiger partial charge in [0, 0.05) is 19.5 Å². The standard InChI is InChI=1S/C19H18FN3O3/c20-14-7-5-13(6-8-14)9-11-21-17(24)10-12-23-16-4-2-1-3-15(16)18(25)22-19(23)26/h1-8H,9-12H2,(H,21,24)(H,22,25,26). The number of carbonyl (C=O) groups is 1. The third-order valence-electron chi connectivity index (χ3n) is 4.12. The van der Waals surface area contributed by atoms with Gasteiger partial charge in [-0.25, -0.2) is 9.18 Å². The van der Waals surface area contributed by atoms with Crippen molar-refractivity contribution in [1.29, 1.82) is 0 Å². The number of fused-ring (bicyclic) bond motifs is 1. The highest BCUT2D eigenvalue weighted by molar-refractivity contribution is 5.78. The number of hydrogen-bond donors (Lipinski definition) is 2. The summed E-state index contributed by atoms with van der Waals surface area (Å²) in [6.07, 6.45) is 0.701. The minimum absolute atomic E-state index is 0.110. The highest BCUT2D eigenvalue weighted by Gasteiger charge is 2.09. The Morgan fingerprint density at radius 1 is 1.08 bits per heavy atom. The number of nitrogens with one attached hydrogen (secondary N) is 2. The van der Waals surface area contributed by atoms with Crippen LogP contribution in [0.2, 0.25) is 0 Å². The Bertz CT molecular complexity index is 1040. The van der Waals surface area contributed by atoms with Gasteiger partial charge in [-0.05, 0) is 36.2 Å². The van der Waals surface area contributed by atoms with E-state index in [0.29, 0.717) is 23.9 Å². The first kappa shape index (κ1) is 17.6. The van der Waals surface area contributed by atoms with E-state index < -0.39 is 11.2 Å². The Labute approximate surface area is 148 Å². The summed E-state index contributed by atoms with van der Waals surface area (Å²) in [6, 6.07) is 12.9. The Kier molecular flexibility index (Phi) is 5.26. The van der Waals surface area contributed by atoms with Crippen molar-refractivity contribution < 1.29 is 9.18 Å². The van der Waals surface area contributed by atoms with Crippen LogP contribution < -0.4 is 16.6 Å². The quantitative estimate of drug-likeness (QED) is 0.704. The Morgan fingerprint density at radius 2 is 1.81 bits per heavy atom. The van der Waals surface area contributed by atoms with Crippen molar-refractivity contribution in [2.75, 3.05) is 6.54 Å². The molecule has 0 aliphatic carbocycles. The average Bonchev–Trinajstić information content (AvgIpc) is 2.63. The van der Waals surface area contributed by atoms with E-state index in [0.717, 1.165) is 5.56 Å². The third kappa shape index (κ3) is 4.05. The van der Waals surface area contributed by atoms with Gasteiger partial charge in [0.2, 0.25) is 5.91 Å². The van der Waals surface area contributed by atoms with E-state index >= 15 is 0 Å². The molecule has 134 valence electrons. The van der Waals surface area contributed by atoms with E-state index in [1.54, 1.807) is 36.4 Å². The molecule has 2 N–H and O–H groups in total. The molecule has 0 saturated carbocycles. The molecule has 0 saturated heterocycles. The Balaban J connectivity index is 1.60. The summed E-state index contributed by atoms with van der Waals surface area (Å²) in [4.78, 5) is 38.1. The Hall–Kier alpha value is -3.22. The van der Waals surface area contributed by atoms with E-state index in [1.807, 2.05) is 0 Å². The van der Waals surface area contributed by atoms with Crippen molar-refractivity contribution in [3.05, 3.63) is 80.7 Å². The predicted molar refractivity (Wildman–Crippen MR) is 96.6 cm³/mol. The van der Waals surface area contributed by atoms with Crippen LogP contribution in [0.1, 0.15) is 12.0 Å². The number of para-hydroxylation sites is 1. The first-order valence-electron chi connectivity index (χ1n) is 8.27. The molecule has 0 radical (unpaired) electrons. The molecule has 3 aromatic rings. The van der Waals surface area contributed by atoms with Gasteiger partial charge in [0.15, 0.2) is 0 Å². The molecule has 0 atom stereocenters. The van der Waals surface area contributed by atoms with Crippen molar-refractivity contribution in [3.8, 4) is 0 Å². The number of aryl methyl sites for hydroxylation is 1. The third-order valence-corrected chi connectivity index (χ3v) is 4.12. The summed E-state index contributed by atoms with van der Waals surface area (Å²) in [5.74, 6) is -0.495. The van der Waals surface area contributed by atoms with E-state index in [-0.39, 0.29) is 24.7 Å². The molecule has 0 aliphatic heterocycles. The summed E-state index contributed by atoms with van der Waals surface area (Å²) in [6.45, 7) is 0.588. The summed E-state index contributed by atoms with van der Waals surface area (Å²) >= 11 is 0. The van der Waals surface area contributed by atoms with Crippen LogP contribution in [0.5, 0.6) is 0 Å². The molecule has 1 aromatic heterocycles. The number of H-pyrrole nitrogens is 1. The van der Waals surface area contributed by atoms with Gasteiger partial charge in [-0.3, -0.25) is 19.1 Å². The Morgan fingerprint density at radius 3 is 2.58 bits per heavy atom. The van der Waals surface area contributed by atoms with Gasteiger partial charge in [-0.1, -0.05) is 24.3 Å². The second-order valence-electron chi connectivity index (χ2n) is 5.90. The lowest BCUT2D eigenvalue weighted by Gasteiger charge is -2.10. The zero-order chi connectivity index (χ0) is 18.5. The van der Waals surface area contributed by atoms with Crippen LogP contribution in [0.15, 0.2) is 58.1 Å². The fourth-order valence-electron chi connectivity index (χ4n) is 2.76. The highest BCUT2D eigenvalue weighted by atomic mass is 19.1. The summed E-state index contributed by atoms with van der Waals surface area (Å²) in [5.41, 5.74) is 0.452. The normalized spacial score (nSPS) is 10.8. The first-order chi connectivity index (χ1) is 12.5. The molecule has 26 heavy (non-hydrogen) atoms. The zero-order valence-corrected chi connectivity index (χ0v) is 14.0. The molecule has 1 heterocycles. The second-order valence-corrected chi connectivity index (χ2v) is 5.90. The van der Waals surface area contributed by atoms with Crippen LogP contribution >= 0.6 is 0 Å². The van der Waals surface area contributed by atoms with E-state index in [2.05, 4.69) is 10.3 Å².